The maximum atomic E-state index is 5.51. The molecule has 1 heterocycles. The Kier molecular flexibility index (Phi) is 10.5. The summed E-state index contributed by atoms with van der Waals surface area (Å²) < 4.78 is 5.51. The lowest BCUT2D eigenvalue weighted by atomic mass is 10.0. The molecule has 27 heavy (non-hydrogen) atoms. The van der Waals surface area contributed by atoms with Crippen molar-refractivity contribution in [3.63, 3.8) is 0 Å². The number of ether oxygens (including phenoxy) is 1. The lowest BCUT2D eigenvalue weighted by Gasteiger charge is -2.25. The standard InChI is InChI=1S/C22H37N3OS/c1-3-4-5-6-7-8-9-10-11-12-13-18-21-23-24-22(27)25(21)19-16-14-15-17-20(19)26-2/h14-17,22,24,27H,3-13,18H2,1-2H3. The lowest BCUT2D eigenvalue weighted by Crippen LogP contribution is -2.36. The average Bonchev–Trinajstić information content (AvgIpc) is 3.06. The molecule has 1 atom stereocenters. The molecule has 2 rings (SSSR count). The molecule has 1 aromatic carbocycles. The third kappa shape index (κ3) is 7.28. The van der Waals surface area contributed by atoms with E-state index >= 15 is 0 Å². The van der Waals surface area contributed by atoms with Crippen LogP contribution >= 0.6 is 12.6 Å². The van der Waals surface area contributed by atoms with Gasteiger partial charge in [-0.3, -0.25) is 10.3 Å². The second kappa shape index (κ2) is 12.9. The normalized spacial score (nSPS) is 16.3. The van der Waals surface area contributed by atoms with E-state index in [0.29, 0.717) is 0 Å². The third-order valence-electron chi connectivity index (χ3n) is 5.18. The molecule has 0 amide bonds. The van der Waals surface area contributed by atoms with Crippen molar-refractivity contribution >= 4 is 24.2 Å². The zero-order valence-electron chi connectivity index (χ0n) is 17.1. The van der Waals surface area contributed by atoms with Crippen molar-refractivity contribution < 1.29 is 4.74 Å². The number of hydrogen-bond donors (Lipinski definition) is 2. The first kappa shape index (κ1) is 21.9. The molecule has 0 aromatic heterocycles. The summed E-state index contributed by atoms with van der Waals surface area (Å²) in [6, 6.07) is 8.05. The Morgan fingerprint density at radius 2 is 1.56 bits per heavy atom. The van der Waals surface area contributed by atoms with Gasteiger partial charge in [0.2, 0.25) is 0 Å². The Morgan fingerprint density at radius 3 is 2.19 bits per heavy atom. The minimum atomic E-state index is -0.135. The number of methoxy groups -OCH3 is 1. The van der Waals surface area contributed by atoms with Crippen molar-refractivity contribution in [2.45, 2.75) is 89.5 Å². The van der Waals surface area contributed by atoms with E-state index < -0.39 is 0 Å². The molecular formula is C22H37N3OS. The summed E-state index contributed by atoms with van der Waals surface area (Å²) in [5.74, 6) is 1.90. The van der Waals surface area contributed by atoms with Crippen molar-refractivity contribution in [1.29, 1.82) is 0 Å². The number of nitrogens with zero attached hydrogens (tertiary/aromatic N) is 2. The van der Waals surface area contributed by atoms with E-state index in [1.165, 1.54) is 70.6 Å². The Hall–Kier alpha value is -1.36. The van der Waals surface area contributed by atoms with Crippen molar-refractivity contribution in [3.05, 3.63) is 24.3 Å². The topological polar surface area (TPSA) is 36.9 Å². The molecule has 0 aliphatic carbocycles. The van der Waals surface area contributed by atoms with Gasteiger partial charge in [0.15, 0.2) is 5.50 Å². The average molecular weight is 392 g/mol. The monoisotopic (exact) mass is 391 g/mol. The SMILES string of the molecule is CCCCCCCCCCCCCC1=NNC(S)N1c1ccccc1OC. The summed E-state index contributed by atoms with van der Waals surface area (Å²) in [5, 5.41) is 4.49. The molecule has 1 N–H and O–H groups in total. The van der Waals surface area contributed by atoms with Crippen LogP contribution in [-0.2, 0) is 0 Å². The molecule has 152 valence electrons. The van der Waals surface area contributed by atoms with Gasteiger partial charge in [-0.25, -0.2) is 0 Å². The van der Waals surface area contributed by atoms with Crippen LogP contribution < -0.4 is 15.1 Å². The molecule has 1 aliphatic heterocycles. The highest BCUT2D eigenvalue weighted by Gasteiger charge is 2.27. The number of para-hydroxylation sites is 2. The predicted octanol–water partition coefficient (Wildman–Crippen LogP) is 6.33. The fourth-order valence-corrected chi connectivity index (χ4v) is 3.92. The van der Waals surface area contributed by atoms with Crippen LogP contribution in [0.5, 0.6) is 5.75 Å². The predicted molar refractivity (Wildman–Crippen MR) is 120 cm³/mol. The quantitative estimate of drug-likeness (QED) is 0.287. The van der Waals surface area contributed by atoms with Crippen LogP contribution in [0.1, 0.15) is 84.0 Å². The summed E-state index contributed by atoms with van der Waals surface area (Å²) in [4.78, 5) is 2.14. The number of hydrazone groups is 1. The molecule has 0 fully saturated rings. The van der Waals surface area contributed by atoms with E-state index in [0.717, 1.165) is 23.7 Å². The van der Waals surface area contributed by atoms with Crippen molar-refractivity contribution in [2.75, 3.05) is 12.0 Å². The summed E-state index contributed by atoms with van der Waals surface area (Å²) in [6.07, 6.45) is 15.9. The van der Waals surface area contributed by atoms with Gasteiger partial charge in [-0.2, -0.15) is 5.10 Å². The maximum Gasteiger partial charge on any atom is 0.166 e. The summed E-state index contributed by atoms with van der Waals surface area (Å²) in [7, 11) is 1.70. The van der Waals surface area contributed by atoms with E-state index in [9.17, 15) is 0 Å². The maximum absolute atomic E-state index is 5.51. The Labute approximate surface area is 171 Å². The van der Waals surface area contributed by atoms with E-state index in [1.807, 2.05) is 18.2 Å². The zero-order chi connectivity index (χ0) is 19.3. The molecule has 0 saturated heterocycles. The minimum Gasteiger partial charge on any atom is -0.495 e. The molecule has 1 aliphatic rings. The van der Waals surface area contributed by atoms with Gasteiger partial charge in [-0.05, 0) is 18.6 Å². The second-order valence-electron chi connectivity index (χ2n) is 7.36. The molecule has 5 heteroatoms. The van der Waals surface area contributed by atoms with Gasteiger partial charge in [-0.1, -0.05) is 83.3 Å². The van der Waals surface area contributed by atoms with Gasteiger partial charge in [0.1, 0.15) is 11.6 Å². The van der Waals surface area contributed by atoms with E-state index in [-0.39, 0.29) is 5.50 Å². The van der Waals surface area contributed by atoms with E-state index in [1.54, 1.807) is 7.11 Å². The number of rotatable bonds is 14. The van der Waals surface area contributed by atoms with Gasteiger partial charge >= 0.3 is 0 Å². The number of hydrogen-bond acceptors (Lipinski definition) is 5. The highest BCUT2D eigenvalue weighted by atomic mass is 32.1. The number of amidine groups is 1. The first-order chi connectivity index (χ1) is 13.3. The fraction of sp³-hybridized carbons (Fsp3) is 0.682. The molecular weight excluding hydrogens is 354 g/mol. The number of unbranched alkanes of at least 4 members (excludes halogenated alkanes) is 10. The molecule has 0 bridgehead atoms. The van der Waals surface area contributed by atoms with E-state index in [4.69, 9.17) is 4.74 Å². The zero-order valence-corrected chi connectivity index (χ0v) is 18.0. The number of thiol groups is 1. The molecule has 0 saturated carbocycles. The first-order valence-corrected chi connectivity index (χ1v) is 11.2. The highest BCUT2D eigenvalue weighted by Crippen LogP contribution is 2.32. The largest absolute Gasteiger partial charge is 0.495 e. The van der Waals surface area contributed by atoms with Crippen LogP contribution in [0.4, 0.5) is 5.69 Å². The first-order valence-electron chi connectivity index (χ1n) is 10.7. The second-order valence-corrected chi connectivity index (χ2v) is 7.85. The fourth-order valence-electron chi connectivity index (χ4n) is 3.61. The highest BCUT2D eigenvalue weighted by molar-refractivity contribution is 7.81. The van der Waals surface area contributed by atoms with Gasteiger partial charge in [0.05, 0.1) is 12.8 Å². The summed E-state index contributed by atoms with van der Waals surface area (Å²) >= 11 is 4.62. The number of benzene rings is 1. The molecule has 0 spiro atoms. The van der Waals surface area contributed by atoms with Crippen LogP contribution in [0.25, 0.3) is 0 Å². The Morgan fingerprint density at radius 1 is 0.963 bits per heavy atom. The van der Waals surface area contributed by atoms with Crippen LogP contribution in [0, 0.1) is 0 Å². The van der Waals surface area contributed by atoms with Crippen LogP contribution in [0.3, 0.4) is 0 Å². The van der Waals surface area contributed by atoms with E-state index in [2.05, 4.69) is 41.0 Å². The van der Waals surface area contributed by atoms with Crippen LogP contribution in [0.2, 0.25) is 0 Å². The van der Waals surface area contributed by atoms with Crippen molar-refractivity contribution in [2.24, 2.45) is 5.10 Å². The summed E-state index contributed by atoms with van der Waals surface area (Å²) in [5.41, 5.74) is 3.97. The minimum absolute atomic E-state index is 0.135. The van der Waals surface area contributed by atoms with Crippen molar-refractivity contribution in [1.82, 2.24) is 5.43 Å². The van der Waals surface area contributed by atoms with Gasteiger partial charge in [0.25, 0.3) is 0 Å². The summed E-state index contributed by atoms with van der Waals surface area (Å²) in [6.45, 7) is 2.28. The number of anilines is 1. The Bertz CT molecular complexity index is 564. The molecule has 4 nitrogen and oxygen atoms in total. The number of nitrogens with one attached hydrogen (secondary N) is 1. The molecule has 0 radical (unpaired) electrons. The van der Waals surface area contributed by atoms with Crippen molar-refractivity contribution in [3.8, 4) is 5.75 Å². The molecule has 1 aromatic rings. The van der Waals surface area contributed by atoms with Gasteiger partial charge < -0.3 is 4.74 Å². The molecule has 1 unspecified atom stereocenters. The third-order valence-corrected chi connectivity index (χ3v) is 5.53. The smallest absolute Gasteiger partial charge is 0.166 e. The van der Waals surface area contributed by atoms with Gasteiger partial charge in [0, 0.05) is 6.42 Å². The van der Waals surface area contributed by atoms with Crippen LogP contribution in [0.15, 0.2) is 29.4 Å². The van der Waals surface area contributed by atoms with Gasteiger partial charge in [-0.15, -0.1) is 12.6 Å². The Balaban J connectivity index is 1.64. The lowest BCUT2D eigenvalue weighted by molar-refractivity contribution is 0.415. The van der Waals surface area contributed by atoms with Crippen LogP contribution in [-0.4, -0.2) is 18.4 Å².